The molecule has 0 spiro atoms. The number of aryl methyl sites for hydroxylation is 3. The molecule has 0 radical (unpaired) electrons. The zero-order chi connectivity index (χ0) is 20.1. The van der Waals surface area contributed by atoms with Crippen LogP contribution in [0, 0.1) is 5.92 Å². The molecule has 4 rings (SSSR count). The van der Waals surface area contributed by atoms with E-state index in [1.54, 1.807) is 7.11 Å². The smallest absolute Gasteiger partial charge is 0.223 e. The summed E-state index contributed by atoms with van der Waals surface area (Å²) in [7, 11) is 1.67. The Morgan fingerprint density at radius 3 is 2.52 bits per heavy atom. The van der Waals surface area contributed by atoms with Gasteiger partial charge in [-0.25, -0.2) is 0 Å². The number of ether oxygens (including phenoxy) is 1. The average Bonchev–Trinajstić information content (AvgIpc) is 3.46. The van der Waals surface area contributed by atoms with Crippen LogP contribution in [0.15, 0.2) is 28.7 Å². The van der Waals surface area contributed by atoms with Crippen LogP contribution in [-0.4, -0.2) is 65.7 Å². The van der Waals surface area contributed by atoms with E-state index < -0.39 is 0 Å². The molecule has 29 heavy (non-hydrogen) atoms. The van der Waals surface area contributed by atoms with Gasteiger partial charge in [0.1, 0.15) is 5.75 Å². The van der Waals surface area contributed by atoms with Crippen molar-refractivity contribution in [2.45, 2.75) is 38.5 Å². The molecule has 0 N–H and O–H groups in total. The summed E-state index contributed by atoms with van der Waals surface area (Å²) in [5, 5.41) is 8.24. The number of rotatable bonds is 9. The zero-order valence-electron chi connectivity index (χ0n) is 17.2. The van der Waals surface area contributed by atoms with Crippen molar-refractivity contribution < 1.29 is 13.9 Å². The van der Waals surface area contributed by atoms with Crippen molar-refractivity contribution in [2.75, 3.05) is 39.8 Å². The minimum Gasteiger partial charge on any atom is -0.496 e. The maximum atomic E-state index is 12.5. The highest BCUT2D eigenvalue weighted by Gasteiger charge is 2.27. The predicted octanol–water partition coefficient (Wildman–Crippen LogP) is 2.35. The Morgan fingerprint density at radius 1 is 1.07 bits per heavy atom. The number of benzene rings is 1. The maximum absolute atomic E-state index is 12.5. The molecular weight excluding hydrogens is 368 g/mol. The fourth-order valence-corrected chi connectivity index (χ4v) is 3.86. The lowest BCUT2D eigenvalue weighted by atomic mass is 10.1. The summed E-state index contributed by atoms with van der Waals surface area (Å²) in [6, 6.07) is 7.94. The van der Waals surface area contributed by atoms with E-state index in [9.17, 15) is 4.79 Å². The van der Waals surface area contributed by atoms with Gasteiger partial charge in [0.05, 0.1) is 7.11 Å². The predicted molar refractivity (Wildman–Crippen MR) is 109 cm³/mol. The first-order valence-electron chi connectivity index (χ1n) is 10.6. The van der Waals surface area contributed by atoms with Crippen LogP contribution in [0.4, 0.5) is 0 Å². The summed E-state index contributed by atoms with van der Waals surface area (Å²) in [5.41, 5.74) is 1.12. The zero-order valence-corrected chi connectivity index (χ0v) is 17.2. The molecule has 1 aliphatic heterocycles. The van der Waals surface area contributed by atoms with Crippen molar-refractivity contribution in [1.82, 2.24) is 20.0 Å². The second-order valence-electron chi connectivity index (χ2n) is 8.03. The molecule has 0 bridgehead atoms. The standard InChI is InChI=1S/C22H30N4O3/c1-28-19-5-3-2-4-18(19)8-9-20-23-24-21(29-20)10-11-22(27)26-14-12-25(13-15-26)16-17-6-7-17/h2-5,17H,6-16H2,1H3. The fraction of sp³-hybridized carbons (Fsp3) is 0.591. The van der Waals surface area contributed by atoms with Crippen molar-refractivity contribution >= 4 is 5.91 Å². The first-order valence-corrected chi connectivity index (χ1v) is 10.6. The van der Waals surface area contributed by atoms with E-state index in [0.717, 1.165) is 49.8 Å². The third-order valence-electron chi connectivity index (χ3n) is 5.80. The normalized spacial score (nSPS) is 17.5. The lowest BCUT2D eigenvalue weighted by Gasteiger charge is -2.34. The quantitative estimate of drug-likeness (QED) is 0.646. The molecule has 2 aromatic rings. The highest BCUT2D eigenvalue weighted by molar-refractivity contribution is 5.76. The fourth-order valence-electron chi connectivity index (χ4n) is 3.86. The van der Waals surface area contributed by atoms with Gasteiger partial charge < -0.3 is 14.1 Å². The minimum atomic E-state index is 0.185. The number of nitrogens with zero attached hydrogens (tertiary/aromatic N) is 4. The first-order chi connectivity index (χ1) is 14.2. The van der Waals surface area contributed by atoms with Crippen LogP contribution in [0.5, 0.6) is 5.75 Å². The molecule has 2 heterocycles. The van der Waals surface area contributed by atoms with Gasteiger partial charge in [0, 0.05) is 52.0 Å². The second kappa shape index (κ2) is 9.39. The van der Waals surface area contributed by atoms with Crippen molar-refractivity contribution in [1.29, 1.82) is 0 Å². The third-order valence-corrected chi connectivity index (χ3v) is 5.80. The first kappa shape index (κ1) is 19.9. The highest BCUT2D eigenvalue weighted by Crippen LogP contribution is 2.30. The van der Waals surface area contributed by atoms with Crippen LogP contribution < -0.4 is 4.74 Å². The Bertz CT molecular complexity index is 810. The van der Waals surface area contributed by atoms with Crippen LogP contribution in [0.2, 0.25) is 0 Å². The summed E-state index contributed by atoms with van der Waals surface area (Å²) in [5.74, 6) is 3.11. The molecule has 1 amide bonds. The molecule has 156 valence electrons. The van der Waals surface area contributed by atoms with Crippen LogP contribution in [0.1, 0.15) is 36.6 Å². The molecule has 1 aromatic carbocycles. The molecule has 0 unspecified atom stereocenters. The lowest BCUT2D eigenvalue weighted by molar-refractivity contribution is -0.133. The SMILES string of the molecule is COc1ccccc1CCc1nnc(CCC(=O)N2CCN(CC3CC3)CC2)o1. The van der Waals surface area contributed by atoms with E-state index >= 15 is 0 Å². The molecule has 0 atom stereocenters. The van der Waals surface area contributed by atoms with Crippen LogP contribution in [0.3, 0.4) is 0 Å². The molecule has 2 fully saturated rings. The Morgan fingerprint density at radius 2 is 1.79 bits per heavy atom. The molecule has 1 aliphatic carbocycles. The van der Waals surface area contributed by atoms with Gasteiger partial charge in [-0.2, -0.15) is 0 Å². The monoisotopic (exact) mass is 398 g/mol. The molecule has 2 aliphatic rings. The van der Waals surface area contributed by atoms with Gasteiger partial charge in [0.25, 0.3) is 0 Å². The summed E-state index contributed by atoms with van der Waals surface area (Å²) in [6.07, 6.45) is 5.12. The molecular formula is C22H30N4O3. The molecule has 1 saturated heterocycles. The van der Waals surface area contributed by atoms with E-state index in [0.29, 0.717) is 31.0 Å². The van der Waals surface area contributed by atoms with E-state index in [1.165, 1.54) is 19.4 Å². The largest absolute Gasteiger partial charge is 0.496 e. The van der Waals surface area contributed by atoms with Gasteiger partial charge in [-0.05, 0) is 36.8 Å². The number of aromatic nitrogens is 2. The second-order valence-corrected chi connectivity index (χ2v) is 8.03. The van der Waals surface area contributed by atoms with Gasteiger partial charge in [0.2, 0.25) is 17.7 Å². The Hall–Kier alpha value is -2.41. The van der Waals surface area contributed by atoms with Gasteiger partial charge >= 0.3 is 0 Å². The number of piperazine rings is 1. The number of carbonyl (C=O) groups excluding carboxylic acids is 1. The number of carbonyl (C=O) groups is 1. The summed E-state index contributed by atoms with van der Waals surface area (Å²) < 4.78 is 11.1. The Balaban J connectivity index is 1.19. The number of para-hydroxylation sites is 1. The van der Waals surface area contributed by atoms with Crippen LogP contribution >= 0.6 is 0 Å². The lowest BCUT2D eigenvalue weighted by Crippen LogP contribution is -2.49. The van der Waals surface area contributed by atoms with Crippen LogP contribution in [-0.2, 0) is 24.1 Å². The molecule has 7 nitrogen and oxygen atoms in total. The van der Waals surface area contributed by atoms with Crippen molar-refractivity contribution in [3.63, 3.8) is 0 Å². The van der Waals surface area contributed by atoms with E-state index in [4.69, 9.17) is 9.15 Å². The topological polar surface area (TPSA) is 71.7 Å². The van der Waals surface area contributed by atoms with E-state index in [-0.39, 0.29) is 5.91 Å². The van der Waals surface area contributed by atoms with Gasteiger partial charge in [-0.3, -0.25) is 9.69 Å². The number of hydrogen-bond donors (Lipinski definition) is 0. The van der Waals surface area contributed by atoms with E-state index in [1.807, 2.05) is 29.2 Å². The molecule has 7 heteroatoms. The van der Waals surface area contributed by atoms with Crippen molar-refractivity contribution in [3.05, 3.63) is 41.6 Å². The number of hydrogen-bond acceptors (Lipinski definition) is 6. The van der Waals surface area contributed by atoms with E-state index in [2.05, 4.69) is 15.1 Å². The Labute approximate surface area is 172 Å². The molecule has 1 saturated carbocycles. The summed E-state index contributed by atoms with van der Waals surface area (Å²) in [6.45, 7) is 4.87. The number of methoxy groups -OCH3 is 1. The molecule has 1 aromatic heterocycles. The number of amides is 1. The van der Waals surface area contributed by atoms with Crippen LogP contribution in [0.25, 0.3) is 0 Å². The summed E-state index contributed by atoms with van der Waals surface area (Å²) in [4.78, 5) is 17.0. The minimum absolute atomic E-state index is 0.185. The van der Waals surface area contributed by atoms with Gasteiger partial charge in [-0.1, -0.05) is 18.2 Å². The van der Waals surface area contributed by atoms with Crippen molar-refractivity contribution in [2.24, 2.45) is 5.92 Å². The Kier molecular flexibility index (Phi) is 6.44. The highest BCUT2D eigenvalue weighted by atomic mass is 16.5. The van der Waals surface area contributed by atoms with Crippen molar-refractivity contribution in [3.8, 4) is 5.75 Å². The maximum Gasteiger partial charge on any atom is 0.223 e. The van der Waals surface area contributed by atoms with Gasteiger partial charge in [0.15, 0.2) is 0 Å². The van der Waals surface area contributed by atoms with Gasteiger partial charge in [-0.15, -0.1) is 10.2 Å². The summed E-state index contributed by atoms with van der Waals surface area (Å²) >= 11 is 0. The third kappa shape index (κ3) is 5.56. The average molecular weight is 399 g/mol.